The number of methoxy groups -OCH3 is 1. The van der Waals surface area contributed by atoms with Gasteiger partial charge < -0.3 is 4.74 Å². The molecule has 0 radical (unpaired) electrons. The summed E-state index contributed by atoms with van der Waals surface area (Å²) in [5.74, 6) is 0.698. The minimum absolute atomic E-state index is 0.00524. The lowest BCUT2D eigenvalue weighted by Gasteiger charge is -2.00. The fraction of sp³-hybridized carbons (Fsp3) is 0.0909. The first-order valence-corrected chi connectivity index (χ1v) is 7.85. The van der Waals surface area contributed by atoms with Crippen molar-refractivity contribution in [1.29, 1.82) is 0 Å². The molecule has 0 saturated heterocycles. The molecule has 9 heteroatoms. The summed E-state index contributed by atoms with van der Waals surface area (Å²) in [7, 11) is -2.11. The average Bonchev–Trinajstić information content (AvgIpc) is 3.06. The van der Waals surface area contributed by atoms with Crippen LogP contribution in [0.5, 0.6) is 5.75 Å². The Morgan fingerprint density at radius 2 is 2.20 bits per heavy atom. The third kappa shape index (κ3) is 2.32. The predicted molar refractivity (Wildman–Crippen MR) is 75.6 cm³/mol. The number of aromatic amines is 1. The number of H-pyrrole nitrogens is 1. The summed E-state index contributed by atoms with van der Waals surface area (Å²) < 4.78 is 32.4. The van der Waals surface area contributed by atoms with E-state index in [0.717, 1.165) is 4.70 Å². The summed E-state index contributed by atoms with van der Waals surface area (Å²) in [4.78, 5) is 4.22. The summed E-state index contributed by atoms with van der Waals surface area (Å²) in [6.45, 7) is 0. The van der Waals surface area contributed by atoms with Crippen molar-refractivity contribution < 1.29 is 13.2 Å². The average molecular weight is 310 g/mol. The van der Waals surface area contributed by atoms with Crippen LogP contribution in [0.15, 0.2) is 35.5 Å². The maximum Gasteiger partial charge on any atom is 0.280 e. The molecule has 0 bridgehead atoms. The number of nitrogens with zero attached hydrogens (tertiary/aromatic N) is 2. The largest absolute Gasteiger partial charge is 0.497 e. The minimum Gasteiger partial charge on any atom is -0.497 e. The van der Waals surface area contributed by atoms with Gasteiger partial charge in [0.05, 0.1) is 23.5 Å². The Morgan fingerprint density at radius 1 is 1.35 bits per heavy atom. The van der Waals surface area contributed by atoms with E-state index in [1.807, 2.05) is 0 Å². The van der Waals surface area contributed by atoms with E-state index in [9.17, 15) is 8.42 Å². The van der Waals surface area contributed by atoms with Gasteiger partial charge in [0.1, 0.15) is 5.75 Å². The van der Waals surface area contributed by atoms with Crippen LogP contribution in [0.2, 0.25) is 0 Å². The van der Waals surface area contributed by atoms with Gasteiger partial charge in [-0.2, -0.15) is 13.5 Å². The van der Waals surface area contributed by atoms with Crippen molar-refractivity contribution in [3.63, 3.8) is 0 Å². The van der Waals surface area contributed by atoms with Crippen LogP contribution in [-0.2, 0) is 10.0 Å². The molecule has 0 aliphatic carbocycles. The monoisotopic (exact) mass is 310 g/mol. The van der Waals surface area contributed by atoms with Gasteiger partial charge in [0.25, 0.3) is 10.0 Å². The predicted octanol–water partition coefficient (Wildman–Crippen LogP) is 1.83. The zero-order chi connectivity index (χ0) is 14.2. The van der Waals surface area contributed by atoms with E-state index in [-0.39, 0.29) is 5.03 Å². The minimum atomic E-state index is -3.68. The van der Waals surface area contributed by atoms with E-state index >= 15 is 0 Å². The SMILES string of the molecule is COc1ccc2nc(NS(=O)(=O)c3ccn[nH]3)sc2c1. The van der Waals surface area contributed by atoms with E-state index in [4.69, 9.17) is 4.74 Å². The molecule has 104 valence electrons. The van der Waals surface area contributed by atoms with Gasteiger partial charge in [0, 0.05) is 0 Å². The number of fused-ring (bicyclic) bond motifs is 1. The summed E-state index contributed by atoms with van der Waals surface area (Å²) in [5.41, 5.74) is 0.707. The maximum atomic E-state index is 12.0. The smallest absolute Gasteiger partial charge is 0.280 e. The quantitative estimate of drug-likeness (QED) is 0.766. The van der Waals surface area contributed by atoms with Gasteiger partial charge in [0.2, 0.25) is 0 Å². The molecule has 2 N–H and O–H groups in total. The Kier molecular flexibility index (Phi) is 3.07. The van der Waals surface area contributed by atoms with Crippen molar-refractivity contribution in [2.45, 2.75) is 5.03 Å². The number of hydrogen-bond acceptors (Lipinski definition) is 6. The summed E-state index contributed by atoms with van der Waals surface area (Å²) in [6.07, 6.45) is 1.37. The first-order chi connectivity index (χ1) is 9.58. The number of rotatable bonds is 4. The van der Waals surface area contributed by atoms with Gasteiger partial charge in [0.15, 0.2) is 10.2 Å². The lowest BCUT2D eigenvalue weighted by atomic mass is 10.3. The van der Waals surface area contributed by atoms with Gasteiger partial charge in [-0.1, -0.05) is 11.3 Å². The van der Waals surface area contributed by atoms with Crippen LogP contribution in [0.1, 0.15) is 0 Å². The normalized spacial score (nSPS) is 11.7. The number of ether oxygens (including phenoxy) is 1. The van der Waals surface area contributed by atoms with E-state index in [2.05, 4.69) is 19.9 Å². The molecule has 3 aromatic rings. The molecule has 0 aliphatic rings. The highest BCUT2D eigenvalue weighted by molar-refractivity contribution is 7.92. The lowest BCUT2D eigenvalue weighted by molar-refractivity contribution is 0.415. The van der Waals surface area contributed by atoms with Gasteiger partial charge in [-0.05, 0) is 24.3 Å². The first-order valence-electron chi connectivity index (χ1n) is 5.55. The first kappa shape index (κ1) is 12.9. The van der Waals surface area contributed by atoms with Gasteiger partial charge in [-0.25, -0.2) is 4.98 Å². The Hall–Kier alpha value is -2.13. The number of nitrogens with one attached hydrogen (secondary N) is 2. The fourth-order valence-corrected chi connectivity index (χ4v) is 3.68. The van der Waals surface area contributed by atoms with E-state index in [0.29, 0.717) is 16.4 Å². The molecule has 0 atom stereocenters. The molecular formula is C11H10N4O3S2. The zero-order valence-electron chi connectivity index (χ0n) is 10.3. The molecule has 0 unspecified atom stereocenters. The molecule has 1 aromatic carbocycles. The molecule has 0 amide bonds. The number of thiazole rings is 1. The van der Waals surface area contributed by atoms with Crippen molar-refractivity contribution in [3.05, 3.63) is 30.5 Å². The topological polar surface area (TPSA) is 97.0 Å². The second-order valence-corrected chi connectivity index (χ2v) is 6.56. The van der Waals surface area contributed by atoms with Crippen LogP contribution >= 0.6 is 11.3 Å². The second kappa shape index (κ2) is 4.76. The van der Waals surface area contributed by atoms with Crippen LogP contribution < -0.4 is 9.46 Å². The van der Waals surface area contributed by atoms with E-state index in [1.165, 1.54) is 23.6 Å². The van der Waals surface area contributed by atoms with Crippen molar-refractivity contribution in [2.24, 2.45) is 0 Å². The highest BCUT2D eigenvalue weighted by Gasteiger charge is 2.17. The molecule has 0 fully saturated rings. The van der Waals surface area contributed by atoms with Crippen LogP contribution in [-0.4, -0.2) is 30.7 Å². The molecule has 2 heterocycles. The number of anilines is 1. The maximum absolute atomic E-state index is 12.0. The van der Waals surface area contributed by atoms with Crippen LogP contribution in [0, 0.1) is 0 Å². The van der Waals surface area contributed by atoms with Crippen LogP contribution in [0.3, 0.4) is 0 Å². The van der Waals surface area contributed by atoms with Gasteiger partial charge in [-0.3, -0.25) is 9.82 Å². The zero-order valence-corrected chi connectivity index (χ0v) is 12.0. The number of sulfonamides is 1. The number of aromatic nitrogens is 3. The summed E-state index contributed by atoms with van der Waals surface area (Å²) >= 11 is 1.24. The molecule has 20 heavy (non-hydrogen) atoms. The highest BCUT2D eigenvalue weighted by atomic mass is 32.2. The molecule has 0 spiro atoms. The molecule has 7 nitrogen and oxygen atoms in total. The molecule has 0 aliphatic heterocycles. The Labute approximate surface area is 118 Å². The number of hydrogen-bond donors (Lipinski definition) is 2. The molecule has 2 aromatic heterocycles. The van der Waals surface area contributed by atoms with Crippen LogP contribution in [0.4, 0.5) is 5.13 Å². The summed E-state index contributed by atoms with van der Waals surface area (Å²) in [5, 5.41) is 6.31. The van der Waals surface area contributed by atoms with Gasteiger partial charge in [-0.15, -0.1) is 0 Å². The van der Waals surface area contributed by atoms with Crippen molar-refractivity contribution in [2.75, 3.05) is 11.8 Å². The third-order valence-corrected chi connectivity index (χ3v) is 4.91. The van der Waals surface area contributed by atoms with Crippen LogP contribution in [0.25, 0.3) is 10.2 Å². The fourth-order valence-electron chi connectivity index (χ4n) is 1.64. The van der Waals surface area contributed by atoms with Crippen molar-refractivity contribution in [1.82, 2.24) is 15.2 Å². The lowest BCUT2D eigenvalue weighted by Crippen LogP contribution is -2.13. The number of benzene rings is 1. The Bertz CT molecular complexity index is 840. The van der Waals surface area contributed by atoms with Crippen molar-refractivity contribution >= 4 is 36.7 Å². The molecule has 3 rings (SSSR count). The third-order valence-electron chi connectivity index (χ3n) is 2.58. The van der Waals surface area contributed by atoms with E-state index in [1.54, 1.807) is 25.3 Å². The second-order valence-electron chi connectivity index (χ2n) is 3.88. The molecular weight excluding hydrogens is 300 g/mol. The van der Waals surface area contributed by atoms with Gasteiger partial charge >= 0.3 is 0 Å². The van der Waals surface area contributed by atoms with Crippen molar-refractivity contribution in [3.8, 4) is 5.75 Å². The standard InChI is InChI=1S/C11H10N4O3S2/c1-18-7-2-3-8-9(6-7)19-11(13-8)15-20(16,17)10-4-5-12-14-10/h2-6H,1H3,(H,12,14)(H,13,15). The highest BCUT2D eigenvalue weighted by Crippen LogP contribution is 2.30. The summed E-state index contributed by atoms with van der Waals surface area (Å²) in [6, 6.07) is 6.73. The Morgan fingerprint density at radius 3 is 2.90 bits per heavy atom. The Balaban J connectivity index is 1.95. The van der Waals surface area contributed by atoms with E-state index < -0.39 is 10.0 Å². The molecule has 0 saturated carbocycles.